The maximum Gasteiger partial charge on any atom is 0.188 e. The minimum atomic E-state index is -2.95. The molecule has 7 heteroatoms. The third-order valence-electron chi connectivity index (χ3n) is 11.6. The van der Waals surface area contributed by atoms with Crippen LogP contribution in [0.1, 0.15) is 0 Å². The van der Waals surface area contributed by atoms with Gasteiger partial charge in [-0.2, -0.15) is 0 Å². The van der Waals surface area contributed by atoms with Crippen molar-refractivity contribution < 1.29 is 4.74 Å². The Hall–Kier alpha value is -7.06. The van der Waals surface area contributed by atoms with Gasteiger partial charge in [0.1, 0.15) is 23.0 Å². The maximum absolute atomic E-state index is 6.75. The predicted octanol–water partition coefficient (Wildman–Crippen LogP) is 10.4. The molecule has 0 bridgehead atoms. The molecule has 0 fully saturated rings. The van der Waals surface area contributed by atoms with E-state index >= 15 is 0 Å². The van der Waals surface area contributed by atoms with Crippen molar-refractivity contribution in [3.05, 3.63) is 195 Å². The third kappa shape index (κ3) is 4.67. The summed E-state index contributed by atoms with van der Waals surface area (Å²) in [5.41, 5.74) is 4.18. The van der Waals surface area contributed by atoms with Gasteiger partial charge in [-0.25, -0.2) is 9.97 Å². The Kier molecular flexibility index (Phi) is 7.05. The highest BCUT2D eigenvalue weighted by Gasteiger charge is 2.51. The van der Waals surface area contributed by atoms with Crippen LogP contribution in [0.15, 0.2) is 195 Å². The van der Waals surface area contributed by atoms with Crippen molar-refractivity contribution in [3.8, 4) is 11.5 Å². The zero-order chi connectivity index (χ0) is 37.5. The molecule has 5 heterocycles. The lowest BCUT2D eigenvalue weighted by molar-refractivity contribution is 0.483. The summed E-state index contributed by atoms with van der Waals surface area (Å²) in [5.74, 6) is 2.44. The lowest BCUT2D eigenvalue weighted by atomic mass is 10.1. The SMILES string of the molecule is c1ccc([Si]2(c3ccccc3)c3cccnc3N(c3cccc(Oc4ccc5c6ccccc6n6ccnc6c5c4)c3)c3ccc4c(sc5ccccc54)c32)cc1. The number of pyridine rings is 2. The van der Waals surface area contributed by atoms with E-state index in [1.54, 1.807) is 0 Å². The van der Waals surface area contributed by atoms with E-state index in [0.29, 0.717) is 0 Å². The molecule has 4 aromatic heterocycles. The van der Waals surface area contributed by atoms with Crippen molar-refractivity contribution in [2.24, 2.45) is 0 Å². The molecule has 0 aliphatic carbocycles. The molecule has 11 aromatic rings. The predicted molar refractivity (Wildman–Crippen MR) is 239 cm³/mol. The summed E-state index contributed by atoms with van der Waals surface area (Å²) in [7, 11) is -2.95. The zero-order valence-corrected chi connectivity index (χ0v) is 32.4. The summed E-state index contributed by atoms with van der Waals surface area (Å²) >= 11 is 1.90. The van der Waals surface area contributed by atoms with Crippen LogP contribution in [-0.2, 0) is 0 Å². The first kappa shape index (κ1) is 32.2. The first-order chi connectivity index (χ1) is 28.3. The first-order valence-corrected chi connectivity index (χ1v) is 22.0. The quantitative estimate of drug-likeness (QED) is 0.129. The molecule has 0 radical (unpaired) electrons. The summed E-state index contributed by atoms with van der Waals surface area (Å²) in [5, 5.41) is 11.3. The number of hydrogen-bond donors (Lipinski definition) is 0. The van der Waals surface area contributed by atoms with Gasteiger partial charge in [-0.3, -0.25) is 9.30 Å². The van der Waals surface area contributed by atoms with Gasteiger partial charge in [-0.15, -0.1) is 11.3 Å². The fourth-order valence-corrected chi connectivity index (χ4v) is 16.1. The second-order valence-electron chi connectivity index (χ2n) is 14.6. The van der Waals surface area contributed by atoms with Gasteiger partial charge in [0.25, 0.3) is 0 Å². The van der Waals surface area contributed by atoms with Crippen LogP contribution in [0.2, 0.25) is 0 Å². The van der Waals surface area contributed by atoms with Crippen LogP contribution in [0.25, 0.3) is 47.5 Å². The van der Waals surface area contributed by atoms with Crippen LogP contribution in [0.3, 0.4) is 0 Å². The van der Waals surface area contributed by atoms with Crippen LogP contribution in [0.5, 0.6) is 11.5 Å². The number of ether oxygens (including phenoxy) is 1. The Balaban J connectivity index is 1.08. The Bertz CT molecular complexity index is 3320. The van der Waals surface area contributed by atoms with Gasteiger partial charge in [0.2, 0.25) is 0 Å². The minimum Gasteiger partial charge on any atom is -0.457 e. The second-order valence-corrected chi connectivity index (χ2v) is 19.3. The molecule has 268 valence electrons. The van der Waals surface area contributed by atoms with E-state index in [4.69, 9.17) is 14.7 Å². The number of rotatable bonds is 5. The van der Waals surface area contributed by atoms with E-state index in [1.807, 2.05) is 36.0 Å². The summed E-state index contributed by atoms with van der Waals surface area (Å²) in [4.78, 5) is 12.4. The fraction of sp³-hybridized carbons (Fsp3) is 0. The Morgan fingerprint density at radius 2 is 1.26 bits per heavy atom. The van der Waals surface area contributed by atoms with E-state index < -0.39 is 8.07 Å². The van der Waals surface area contributed by atoms with Gasteiger partial charge < -0.3 is 4.74 Å². The Morgan fingerprint density at radius 1 is 0.526 bits per heavy atom. The fourth-order valence-electron chi connectivity index (χ4n) is 9.29. The van der Waals surface area contributed by atoms with Gasteiger partial charge in [0.15, 0.2) is 8.07 Å². The first-order valence-electron chi connectivity index (χ1n) is 19.1. The van der Waals surface area contributed by atoms with Gasteiger partial charge in [-0.1, -0.05) is 115 Å². The number of fused-ring (bicyclic) bond motifs is 12. The van der Waals surface area contributed by atoms with Crippen molar-refractivity contribution >= 4 is 105 Å². The van der Waals surface area contributed by atoms with E-state index in [-0.39, 0.29) is 0 Å². The highest BCUT2D eigenvalue weighted by atomic mass is 32.1. The molecule has 0 spiro atoms. The number of thiophene rings is 1. The molecule has 5 nitrogen and oxygen atoms in total. The number of aromatic nitrogens is 3. The molecule has 0 atom stereocenters. The van der Waals surface area contributed by atoms with Gasteiger partial charge in [-0.05, 0) is 80.7 Å². The van der Waals surface area contributed by atoms with Gasteiger partial charge in [0, 0.05) is 61.3 Å². The summed E-state index contributed by atoms with van der Waals surface area (Å²) in [6.45, 7) is 0. The summed E-state index contributed by atoms with van der Waals surface area (Å²) in [6, 6.07) is 63.5. The molecule has 0 amide bonds. The molecule has 1 aliphatic heterocycles. The number of hydrogen-bond acceptors (Lipinski definition) is 5. The molecule has 0 saturated carbocycles. The average Bonchev–Trinajstić information content (AvgIpc) is 3.93. The van der Waals surface area contributed by atoms with Gasteiger partial charge >= 0.3 is 0 Å². The van der Waals surface area contributed by atoms with Crippen molar-refractivity contribution in [2.45, 2.75) is 0 Å². The molecule has 1 aliphatic rings. The molecular weight excluding hydrogens is 733 g/mol. The highest BCUT2D eigenvalue weighted by molar-refractivity contribution is 7.31. The average molecular weight is 765 g/mol. The van der Waals surface area contributed by atoms with E-state index in [9.17, 15) is 0 Å². The second kappa shape index (κ2) is 12.5. The molecular formula is C50H32N4OSSi. The minimum absolute atomic E-state index is 0.745. The molecule has 12 rings (SSSR count). The number of nitrogens with zero attached hydrogens (tertiary/aromatic N) is 4. The Labute approximate surface area is 333 Å². The lowest BCUT2D eigenvalue weighted by Crippen LogP contribution is -2.77. The summed E-state index contributed by atoms with van der Waals surface area (Å²) < 4.78 is 11.5. The van der Waals surface area contributed by atoms with E-state index in [1.165, 1.54) is 46.3 Å². The van der Waals surface area contributed by atoms with Crippen LogP contribution >= 0.6 is 11.3 Å². The topological polar surface area (TPSA) is 42.7 Å². The van der Waals surface area contributed by atoms with E-state index in [2.05, 4.69) is 179 Å². The smallest absolute Gasteiger partial charge is 0.188 e. The highest BCUT2D eigenvalue weighted by Crippen LogP contribution is 2.44. The number of benzene rings is 7. The maximum atomic E-state index is 6.75. The normalized spacial score (nSPS) is 13.4. The van der Waals surface area contributed by atoms with Crippen LogP contribution < -0.4 is 30.4 Å². The Morgan fingerprint density at radius 3 is 2.11 bits per heavy atom. The van der Waals surface area contributed by atoms with Gasteiger partial charge in [0.05, 0.1) is 11.2 Å². The van der Waals surface area contributed by atoms with Crippen LogP contribution in [0.4, 0.5) is 17.2 Å². The largest absolute Gasteiger partial charge is 0.457 e. The third-order valence-corrected chi connectivity index (χ3v) is 17.8. The van der Waals surface area contributed by atoms with Crippen molar-refractivity contribution in [1.82, 2.24) is 14.4 Å². The van der Waals surface area contributed by atoms with Crippen molar-refractivity contribution in [3.63, 3.8) is 0 Å². The molecule has 57 heavy (non-hydrogen) atoms. The van der Waals surface area contributed by atoms with Crippen molar-refractivity contribution in [1.29, 1.82) is 0 Å². The number of anilines is 3. The molecule has 0 N–H and O–H groups in total. The molecule has 0 unspecified atom stereocenters. The van der Waals surface area contributed by atoms with Crippen LogP contribution in [-0.4, -0.2) is 22.4 Å². The monoisotopic (exact) mass is 764 g/mol. The van der Waals surface area contributed by atoms with E-state index in [0.717, 1.165) is 50.6 Å². The van der Waals surface area contributed by atoms with Crippen molar-refractivity contribution in [2.75, 3.05) is 4.90 Å². The zero-order valence-electron chi connectivity index (χ0n) is 30.6. The molecule has 0 saturated heterocycles. The summed E-state index contributed by atoms with van der Waals surface area (Å²) in [6.07, 6.45) is 5.82. The number of para-hydroxylation sites is 1. The number of imidazole rings is 1. The molecule has 7 aromatic carbocycles. The lowest BCUT2D eigenvalue weighted by Gasteiger charge is -2.44. The standard InChI is InChI=1S/C50H32N4OSSi/c1-3-15-36(16-4-1)57(37-17-5-2-6-18-37)46-23-12-28-51-50(46)54(44-27-26-41-40-20-8-10-22-45(40)56-47(41)48(44)57)33-13-11-14-34(31-33)55-35-24-25-38-39-19-7-9-21-43(39)53-30-29-52-49(53)42(38)32-35/h1-32H. The van der Waals surface area contributed by atoms with Crippen LogP contribution in [0, 0.1) is 0 Å².